The van der Waals surface area contributed by atoms with Gasteiger partial charge in [-0.2, -0.15) is 0 Å². The van der Waals surface area contributed by atoms with E-state index < -0.39 is 0 Å². The maximum Gasteiger partial charge on any atom is 0.265 e. The molecule has 2 atom stereocenters. The van der Waals surface area contributed by atoms with E-state index in [1.54, 1.807) is 6.07 Å². The molecule has 2 unspecified atom stereocenters. The summed E-state index contributed by atoms with van der Waals surface area (Å²) in [6.45, 7) is 5.46. The van der Waals surface area contributed by atoms with Crippen LogP contribution in [-0.4, -0.2) is 22.9 Å². The Bertz CT molecular complexity index is 437. The van der Waals surface area contributed by atoms with Crippen LogP contribution in [0, 0.1) is 0 Å². The van der Waals surface area contributed by atoms with Crippen molar-refractivity contribution in [2.24, 2.45) is 5.84 Å². The summed E-state index contributed by atoms with van der Waals surface area (Å²) in [6, 6.07) is 8.91. The summed E-state index contributed by atoms with van der Waals surface area (Å²) in [7, 11) is 0. The van der Waals surface area contributed by atoms with Crippen molar-refractivity contribution in [2.75, 3.05) is 0 Å². The van der Waals surface area contributed by atoms with E-state index in [1.807, 2.05) is 12.1 Å². The maximum atomic E-state index is 11.5. The summed E-state index contributed by atoms with van der Waals surface area (Å²) in [4.78, 5) is 14.1. The summed E-state index contributed by atoms with van der Waals surface area (Å²) in [6.07, 6.45) is 3.83. The number of likely N-dealkylation sites (tertiary alicyclic amines) is 1. The third-order valence-corrected chi connectivity index (χ3v) is 4.06. The van der Waals surface area contributed by atoms with Crippen LogP contribution >= 0.6 is 0 Å². The molecule has 19 heavy (non-hydrogen) atoms. The van der Waals surface area contributed by atoms with Gasteiger partial charge in [-0.15, -0.1) is 0 Å². The number of piperidine rings is 1. The zero-order valence-corrected chi connectivity index (χ0v) is 11.7. The highest BCUT2D eigenvalue weighted by Gasteiger charge is 2.24. The summed E-state index contributed by atoms with van der Waals surface area (Å²) in [5.74, 6) is 4.94. The topological polar surface area (TPSA) is 58.4 Å². The monoisotopic (exact) mass is 261 g/mol. The number of hydrogen-bond donors (Lipinski definition) is 2. The number of hydrazine groups is 1. The summed E-state index contributed by atoms with van der Waals surface area (Å²) in [5.41, 5.74) is 3.97. The Kier molecular flexibility index (Phi) is 4.56. The van der Waals surface area contributed by atoms with E-state index in [1.165, 1.54) is 24.8 Å². The second-order valence-corrected chi connectivity index (χ2v) is 5.48. The standard InChI is InChI=1S/C15H23N3O/c1-11-5-3-6-12(2)18(11)10-13-7-4-8-14(9-13)15(19)17-16/h4,7-9,11-12H,3,5-6,10,16H2,1-2H3,(H,17,19). The zero-order chi connectivity index (χ0) is 13.8. The van der Waals surface area contributed by atoms with Crippen molar-refractivity contribution in [1.29, 1.82) is 0 Å². The minimum atomic E-state index is -0.235. The average molecular weight is 261 g/mol. The first-order chi connectivity index (χ1) is 9.11. The van der Waals surface area contributed by atoms with Crippen LogP contribution in [0.2, 0.25) is 0 Å². The number of carbonyl (C=O) groups is 1. The fourth-order valence-electron chi connectivity index (χ4n) is 2.89. The minimum absolute atomic E-state index is 0.235. The van der Waals surface area contributed by atoms with Crippen molar-refractivity contribution in [3.63, 3.8) is 0 Å². The van der Waals surface area contributed by atoms with E-state index in [0.29, 0.717) is 17.6 Å². The normalized spacial score (nSPS) is 24.2. The third-order valence-electron chi connectivity index (χ3n) is 4.06. The molecule has 1 amide bonds. The van der Waals surface area contributed by atoms with Crippen LogP contribution < -0.4 is 11.3 Å². The first-order valence-corrected chi connectivity index (χ1v) is 6.97. The van der Waals surface area contributed by atoms with Gasteiger partial charge in [-0.3, -0.25) is 15.1 Å². The summed E-state index contributed by atoms with van der Waals surface area (Å²) in [5, 5.41) is 0. The third kappa shape index (κ3) is 3.33. The van der Waals surface area contributed by atoms with Gasteiger partial charge in [0.25, 0.3) is 5.91 Å². The van der Waals surface area contributed by atoms with E-state index in [4.69, 9.17) is 5.84 Å². The second-order valence-electron chi connectivity index (χ2n) is 5.48. The number of nitrogens with two attached hydrogens (primary N) is 1. The van der Waals surface area contributed by atoms with Gasteiger partial charge in [-0.1, -0.05) is 18.6 Å². The van der Waals surface area contributed by atoms with Gasteiger partial charge in [0.05, 0.1) is 0 Å². The Morgan fingerprint density at radius 1 is 1.37 bits per heavy atom. The van der Waals surface area contributed by atoms with Gasteiger partial charge in [0, 0.05) is 24.2 Å². The largest absolute Gasteiger partial charge is 0.294 e. The molecule has 0 spiro atoms. The van der Waals surface area contributed by atoms with E-state index in [2.05, 4.69) is 30.2 Å². The number of nitrogens with zero attached hydrogens (tertiary/aromatic N) is 1. The molecule has 1 aliphatic rings. The molecule has 1 saturated heterocycles. The van der Waals surface area contributed by atoms with Crippen LogP contribution in [0.4, 0.5) is 0 Å². The molecular weight excluding hydrogens is 238 g/mol. The Morgan fingerprint density at radius 2 is 2.05 bits per heavy atom. The van der Waals surface area contributed by atoms with Gasteiger partial charge in [0.1, 0.15) is 0 Å². The summed E-state index contributed by atoms with van der Waals surface area (Å²) >= 11 is 0. The first kappa shape index (κ1) is 14.0. The fourth-order valence-corrected chi connectivity index (χ4v) is 2.89. The van der Waals surface area contributed by atoms with Crippen LogP contribution in [0.3, 0.4) is 0 Å². The molecule has 1 fully saturated rings. The van der Waals surface area contributed by atoms with E-state index >= 15 is 0 Å². The highest BCUT2D eigenvalue weighted by molar-refractivity contribution is 5.93. The SMILES string of the molecule is CC1CCCC(C)N1Cc1cccc(C(=O)NN)c1. The number of hydrogen-bond acceptors (Lipinski definition) is 3. The first-order valence-electron chi connectivity index (χ1n) is 6.97. The molecule has 1 aromatic rings. The lowest BCUT2D eigenvalue weighted by Gasteiger charge is -2.39. The average Bonchev–Trinajstić information content (AvgIpc) is 2.42. The highest BCUT2D eigenvalue weighted by Crippen LogP contribution is 2.24. The molecular formula is C15H23N3O. The van der Waals surface area contributed by atoms with Crippen LogP contribution in [0.25, 0.3) is 0 Å². The highest BCUT2D eigenvalue weighted by atomic mass is 16.2. The van der Waals surface area contributed by atoms with Gasteiger partial charge in [0.2, 0.25) is 0 Å². The molecule has 1 heterocycles. The van der Waals surface area contributed by atoms with Crippen molar-refractivity contribution < 1.29 is 4.79 Å². The molecule has 0 aliphatic carbocycles. The fraction of sp³-hybridized carbons (Fsp3) is 0.533. The molecule has 0 saturated carbocycles. The number of benzene rings is 1. The quantitative estimate of drug-likeness (QED) is 0.497. The minimum Gasteiger partial charge on any atom is -0.294 e. The number of rotatable bonds is 3. The van der Waals surface area contributed by atoms with Crippen LogP contribution in [0.1, 0.15) is 49.0 Å². The smallest absolute Gasteiger partial charge is 0.265 e. The lowest BCUT2D eigenvalue weighted by molar-refractivity contribution is 0.0942. The van der Waals surface area contributed by atoms with Crippen LogP contribution in [0.15, 0.2) is 24.3 Å². The number of nitrogen functional groups attached to an aromatic ring is 1. The molecule has 1 aliphatic heterocycles. The van der Waals surface area contributed by atoms with Gasteiger partial charge in [0.15, 0.2) is 0 Å². The van der Waals surface area contributed by atoms with Gasteiger partial charge in [-0.05, 0) is 44.4 Å². The predicted octanol–water partition coefficient (Wildman–Crippen LogP) is 2.05. The Hall–Kier alpha value is -1.39. The van der Waals surface area contributed by atoms with E-state index in [9.17, 15) is 4.79 Å². The molecule has 4 heteroatoms. The number of nitrogens with one attached hydrogen (secondary N) is 1. The molecule has 2 rings (SSSR count). The van der Waals surface area contributed by atoms with Crippen molar-refractivity contribution in [1.82, 2.24) is 10.3 Å². The summed E-state index contributed by atoms with van der Waals surface area (Å²) < 4.78 is 0. The van der Waals surface area contributed by atoms with Gasteiger partial charge < -0.3 is 0 Å². The maximum absolute atomic E-state index is 11.5. The predicted molar refractivity (Wildman–Crippen MR) is 76.4 cm³/mol. The van der Waals surface area contributed by atoms with Crippen molar-refractivity contribution in [3.8, 4) is 0 Å². The molecule has 0 aromatic heterocycles. The van der Waals surface area contributed by atoms with Gasteiger partial charge >= 0.3 is 0 Å². The molecule has 3 N–H and O–H groups in total. The lowest BCUT2D eigenvalue weighted by Crippen LogP contribution is -2.43. The second kappa shape index (κ2) is 6.17. The van der Waals surface area contributed by atoms with E-state index in [0.717, 1.165) is 6.54 Å². The van der Waals surface area contributed by atoms with Gasteiger partial charge in [-0.25, -0.2) is 5.84 Å². The Labute approximate surface area is 114 Å². The van der Waals surface area contributed by atoms with Crippen LogP contribution in [-0.2, 0) is 6.54 Å². The molecule has 1 aromatic carbocycles. The van der Waals surface area contributed by atoms with Crippen molar-refractivity contribution in [2.45, 2.75) is 51.7 Å². The number of carbonyl (C=O) groups excluding carboxylic acids is 1. The molecule has 4 nitrogen and oxygen atoms in total. The van der Waals surface area contributed by atoms with Crippen molar-refractivity contribution >= 4 is 5.91 Å². The van der Waals surface area contributed by atoms with E-state index in [-0.39, 0.29) is 5.91 Å². The Balaban J connectivity index is 2.12. The number of amides is 1. The molecule has 0 radical (unpaired) electrons. The van der Waals surface area contributed by atoms with Crippen molar-refractivity contribution in [3.05, 3.63) is 35.4 Å². The molecule has 0 bridgehead atoms. The molecule has 104 valence electrons. The zero-order valence-electron chi connectivity index (χ0n) is 11.7. The van der Waals surface area contributed by atoms with Crippen LogP contribution in [0.5, 0.6) is 0 Å². The Morgan fingerprint density at radius 3 is 2.68 bits per heavy atom. The lowest BCUT2D eigenvalue weighted by atomic mass is 9.96.